The first-order chi connectivity index (χ1) is 12.3. The van der Waals surface area contributed by atoms with Crippen molar-refractivity contribution in [2.75, 3.05) is 25.5 Å². The quantitative estimate of drug-likeness (QED) is 0.889. The third kappa shape index (κ3) is 3.31. The molecule has 0 aliphatic carbocycles. The molecule has 0 spiro atoms. The maximum absolute atomic E-state index is 12.8. The fourth-order valence-electron chi connectivity index (χ4n) is 3.10. The van der Waals surface area contributed by atoms with Gasteiger partial charge in [0.05, 0.1) is 12.2 Å². The van der Waals surface area contributed by atoms with E-state index in [1.165, 1.54) is 6.20 Å². The summed E-state index contributed by atoms with van der Waals surface area (Å²) in [6, 6.07) is 0. The molecule has 0 saturated carbocycles. The molecular weight excluding hydrogens is 332 g/mol. The number of carbonyl (C=O) groups excluding carboxylic acids is 1. The topological polar surface area (TPSA) is 95.1 Å². The third-order valence-electron chi connectivity index (χ3n) is 4.46. The van der Waals surface area contributed by atoms with Crippen LogP contribution in [0.2, 0.25) is 0 Å². The molecule has 8 heteroatoms. The van der Waals surface area contributed by atoms with E-state index in [4.69, 9.17) is 0 Å². The van der Waals surface area contributed by atoms with Gasteiger partial charge in [-0.05, 0) is 13.3 Å². The lowest BCUT2D eigenvalue weighted by molar-refractivity contribution is 0.0729. The minimum absolute atomic E-state index is 0.0662. The highest BCUT2D eigenvalue weighted by Crippen LogP contribution is 2.25. The van der Waals surface area contributed by atoms with E-state index in [2.05, 4.69) is 19.9 Å². The molecule has 0 atom stereocenters. The van der Waals surface area contributed by atoms with E-state index in [-0.39, 0.29) is 17.4 Å². The first-order valence-electron chi connectivity index (χ1n) is 8.70. The van der Waals surface area contributed by atoms with Gasteiger partial charge >= 0.3 is 0 Å². The molecule has 0 radical (unpaired) electrons. The number of carbonyl (C=O) groups is 1. The molecule has 8 nitrogen and oxygen atoms in total. The van der Waals surface area contributed by atoms with Crippen LogP contribution in [0, 0.1) is 6.92 Å². The summed E-state index contributed by atoms with van der Waals surface area (Å²) >= 11 is 0. The van der Waals surface area contributed by atoms with E-state index < -0.39 is 5.56 Å². The van der Waals surface area contributed by atoms with Gasteiger partial charge in [-0.15, -0.1) is 0 Å². The fraction of sp³-hybridized carbons (Fsp3) is 0.500. The van der Waals surface area contributed by atoms with Crippen LogP contribution in [-0.4, -0.2) is 51.4 Å². The van der Waals surface area contributed by atoms with Gasteiger partial charge in [0.1, 0.15) is 23.0 Å². The van der Waals surface area contributed by atoms with Crippen molar-refractivity contribution in [1.82, 2.24) is 24.8 Å². The van der Waals surface area contributed by atoms with Gasteiger partial charge in [0.25, 0.3) is 11.5 Å². The smallest absolute Gasteiger partial charge is 0.263 e. The Kier molecular flexibility index (Phi) is 4.76. The van der Waals surface area contributed by atoms with Gasteiger partial charge in [-0.3, -0.25) is 9.59 Å². The number of fused-ring (bicyclic) bond motifs is 1. The van der Waals surface area contributed by atoms with Crippen LogP contribution in [0.4, 0.5) is 5.82 Å². The van der Waals surface area contributed by atoms with Crippen molar-refractivity contribution in [3.63, 3.8) is 0 Å². The van der Waals surface area contributed by atoms with Crippen molar-refractivity contribution in [1.29, 1.82) is 0 Å². The summed E-state index contributed by atoms with van der Waals surface area (Å²) in [5.74, 6) is 1.91. The van der Waals surface area contributed by atoms with Gasteiger partial charge < -0.3 is 14.8 Å². The van der Waals surface area contributed by atoms with E-state index in [0.29, 0.717) is 31.2 Å². The molecular formula is C18H24N6O2. The van der Waals surface area contributed by atoms with Crippen LogP contribution >= 0.6 is 0 Å². The Morgan fingerprint density at radius 2 is 2.04 bits per heavy atom. The molecule has 2 aromatic rings. The maximum atomic E-state index is 12.8. The third-order valence-corrected chi connectivity index (χ3v) is 4.46. The van der Waals surface area contributed by atoms with E-state index in [1.807, 2.05) is 39.8 Å². The molecule has 138 valence electrons. The first kappa shape index (κ1) is 18.0. The predicted octanol–water partition coefficient (Wildman–Crippen LogP) is 1.26. The highest BCUT2D eigenvalue weighted by atomic mass is 16.2. The molecule has 0 aromatic carbocycles. The second-order valence-electron chi connectivity index (χ2n) is 7.06. The molecule has 0 fully saturated rings. The average Bonchev–Trinajstić information content (AvgIpc) is 2.59. The number of H-pyrrole nitrogens is 1. The van der Waals surface area contributed by atoms with Crippen LogP contribution in [0.3, 0.4) is 0 Å². The molecule has 3 rings (SSSR count). The normalized spacial score (nSPS) is 13.7. The lowest BCUT2D eigenvalue weighted by atomic mass is 10.0. The summed E-state index contributed by atoms with van der Waals surface area (Å²) in [7, 11) is 3.89. The molecule has 1 amide bonds. The zero-order valence-corrected chi connectivity index (χ0v) is 15.8. The fourth-order valence-corrected chi connectivity index (χ4v) is 3.10. The molecule has 0 bridgehead atoms. The number of nitrogens with zero attached hydrogens (tertiary/aromatic N) is 5. The van der Waals surface area contributed by atoms with Crippen molar-refractivity contribution < 1.29 is 4.79 Å². The summed E-state index contributed by atoms with van der Waals surface area (Å²) in [5.41, 5.74) is 1.57. The van der Waals surface area contributed by atoms with E-state index in [9.17, 15) is 9.59 Å². The van der Waals surface area contributed by atoms with Crippen LogP contribution in [0.1, 0.15) is 53.0 Å². The van der Waals surface area contributed by atoms with Gasteiger partial charge in [0, 0.05) is 38.3 Å². The van der Waals surface area contributed by atoms with Crippen molar-refractivity contribution in [2.24, 2.45) is 0 Å². The average molecular weight is 356 g/mol. The zero-order valence-electron chi connectivity index (χ0n) is 15.8. The monoisotopic (exact) mass is 356 g/mol. The maximum Gasteiger partial charge on any atom is 0.263 e. The van der Waals surface area contributed by atoms with E-state index >= 15 is 0 Å². The van der Waals surface area contributed by atoms with Crippen LogP contribution in [-0.2, 0) is 13.0 Å². The molecule has 0 unspecified atom stereocenters. The second-order valence-corrected chi connectivity index (χ2v) is 7.06. The standard InChI is InChI=1S/C18H24N6O2/c1-10(2)15-19-8-13(17(25)22-15)18(26)24-7-6-12-14(9-24)20-11(3)21-16(12)23(4)5/h8,10H,6-7,9H2,1-5H3,(H,19,22,25). The second kappa shape index (κ2) is 6.86. The zero-order chi connectivity index (χ0) is 19.0. The molecule has 1 aliphatic heterocycles. The van der Waals surface area contributed by atoms with Crippen LogP contribution in [0.15, 0.2) is 11.0 Å². The largest absolute Gasteiger partial charge is 0.362 e. The van der Waals surface area contributed by atoms with E-state index in [1.54, 1.807) is 4.90 Å². The van der Waals surface area contributed by atoms with Crippen LogP contribution in [0.25, 0.3) is 0 Å². The molecule has 1 N–H and O–H groups in total. The number of anilines is 1. The van der Waals surface area contributed by atoms with Crippen LogP contribution in [0.5, 0.6) is 0 Å². The van der Waals surface area contributed by atoms with Crippen LogP contribution < -0.4 is 10.5 Å². The molecule has 0 saturated heterocycles. The van der Waals surface area contributed by atoms with Gasteiger partial charge in [-0.2, -0.15) is 0 Å². The van der Waals surface area contributed by atoms with E-state index in [0.717, 1.165) is 17.1 Å². The lowest BCUT2D eigenvalue weighted by Crippen LogP contribution is -2.40. The Balaban J connectivity index is 1.89. The Morgan fingerprint density at radius 1 is 1.31 bits per heavy atom. The Bertz CT molecular complexity index is 903. The summed E-state index contributed by atoms with van der Waals surface area (Å²) in [5, 5.41) is 0. The summed E-state index contributed by atoms with van der Waals surface area (Å²) in [6.07, 6.45) is 2.03. The molecule has 1 aliphatic rings. The Labute approximate surface area is 152 Å². The molecule has 2 aromatic heterocycles. The summed E-state index contributed by atoms with van der Waals surface area (Å²) in [4.78, 5) is 44.7. The molecule has 26 heavy (non-hydrogen) atoms. The van der Waals surface area contributed by atoms with Gasteiger partial charge in [0.2, 0.25) is 0 Å². The summed E-state index contributed by atoms with van der Waals surface area (Å²) < 4.78 is 0. The predicted molar refractivity (Wildman–Crippen MR) is 98.5 cm³/mol. The minimum Gasteiger partial charge on any atom is -0.362 e. The Hall–Kier alpha value is -2.77. The number of hydrogen-bond acceptors (Lipinski definition) is 6. The number of rotatable bonds is 3. The van der Waals surface area contributed by atoms with Crippen molar-refractivity contribution in [2.45, 2.75) is 39.7 Å². The minimum atomic E-state index is -0.396. The molecule has 3 heterocycles. The number of hydrogen-bond donors (Lipinski definition) is 1. The Morgan fingerprint density at radius 3 is 2.65 bits per heavy atom. The van der Waals surface area contributed by atoms with Gasteiger partial charge in [-0.1, -0.05) is 13.8 Å². The SMILES string of the molecule is Cc1nc2c(c(N(C)C)n1)CCN(C(=O)c1cnc(C(C)C)[nH]c1=O)C2. The lowest BCUT2D eigenvalue weighted by Gasteiger charge is -2.30. The first-order valence-corrected chi connectivity index (χ1v) is 8.70. The number of nitrogens with one attached hydrogen (secondary N) is 1. The highest BCUT2D eigenvalue weighted by Gasteiger charge is 2.27. The number of aromatic nitrogens is 4. The van der Waals surface area contributed by atoms with Crippen molar-refractivity contribution in [3.8, 4) is 0 Å². The number of aryl methyl sites for hydroxylation is 1. The van der Waals surface area contributed by atoms with Gasteiger partial charge in [0.15, 0.2) is 0 Å². The highest BCUT2D eigenvalue weighted by molar-refractivity contribution is 5.93. The van der Waals surface area contributed by atoms with Crippen molar-refractivity contribution >= 4 is 11.7 Å². The number of aromatic amines is 1. The summed E-state index contributed by atoms with van der Waals surface area (Å²) in [6.45, 7) is 6.60. The number of amides is 1. The van der Waals surface area contributed by atoms with Crippen molar-refractivity contribution in [3.05, 3.63) is 45.0 Å². The van der Waals surface area contributed by atoms with Gasteiger partial charge in [-0.25, -0.2) is 15.0 Å².